The van der Waals surface area contributed by atoms with Crippen molar-refractivity contribution >= 4 is 17.5 Å². The van der Waals surface area contributed by atoms with Crippen molar-refractivity contribution in [3.05, 3.63) is 11.6 Å². The van der Waals surface area contributed by atoms with Crippen LogP contribution in [0.4, 0.5) is 0 Å². The Morgan fingerprint density at radius 1 is 1.26 bits per heavy atom. The number of rotatable bonds is 5. The van der Waals surface area contributed by atoms with Crippen molar-refractivity contribution in [1.29, 1.82) is 0 Å². The van der Waals surface area contributed by atoms with E-state index in [2.05, 4.69) is 19.9 Å². The smallest absolute Gasteiger partial charge is 0.306 e. The minimum absolute atomic E-state index is 0.0620. The molecule has 5 heteroatoms. The summed E-state index contributed by atoms with van der Waals surface area (Å²) < 4.78 is 6.08. The molecule has 0 heterocycles. The Labute approximate surface area is 186 Å². The van der Waals surface area contributed by atoms with Crippen molar-refractivity contribution in [3.63, 3.8) is 0 Å². The van der Waals surface area contributed by atoms with E-state index in [9.17, 15) is 19.5 Å². The van der Waals surface area contributed by atoms with Gasteiger partial charge in [-0.25, -0.2) is 0 Å². The SMILES string of the molecule is CCCC(=O)O[C@]1(C(=O)CO)C(C)C[C@H]2[C@@H]3CCC4CC(=O)CC[C@]4(C)C3=CC[C@@]21C. The molecule has 4 rings (SSSR count). The number of ether oxygens (including phenoxy) is 1. The fraction of sp³-hybridized carbons (Fsp3) is 0.808. The van der Waals surface area contributed by atoms with E-state index in [1.165, 1.54) is 5.57 Å². The number of carbonyl (C=O) groups excluding carboxylic acids is 3. The van der Waals surface area contributed by atoms with E-state index in [1.54, 1.807) is 0 Å². The normalized spacial score (nSPS) is 44.0. The minimum atomic E-state index is -1.26. The van der Waals surface area contributed by atoms with Gasteiger partial charge in [-0.1, -0.05) is 39.3 Å². The van der Waals surface area contributed by atoms with Gasteiger partial charge in [0.2, 0.25) is 5.78 Å². The molecule has 0 spiro atoms. The number of Topliss-reactive ketones (excluding diaryl/α,β-unsaturated/α-hetero) is 2. The molecule has 0 radical (unpaired) electrons. The van der Waals surface area contributed by atoms with Gasteiger partial charge < -0.3 is 9.84 Å². The topological polar surface area (TPSA) is 80.7 Å². The summed E-state index contributed by atoms with van der Waals surface area (Å²) in [7, 11) is 0. The zero-order valence-corrected chi connectivity index (χ0v) is 19.5. The Bertz CT molecular complexity index is 815. The molecule has 1 N–H and O–H groups in total. The van der Waals surface area contributed by atoms with Gasteiger partial charge in [0.25, 0.3) is 0 Å². The number of carbonyl (C=O) groups is 3. The molecule has 2 unspecified atom stereocenters. The lowest BCUT2D eigenvalue weighted by molar-refractivity contribution is -0.190. The number of hydrogen-bond acceptors (Lipinski definition) is 5. The number of aliphatic hydroxyl groups is 1. The first-order valence-corrected chi connectivity index (χ1v) is 12.2. The molecule has 3 saturated carbocycles. The van der Waals surface area contributed by atoms with Crippen LogP contribution in [0.5, 0.6) is 0 Å². The minimum Gasteiger partial charge on any atom is -0.450 e. The highest BCUT2D eigenvalue weighted by molar-refractivity contribution is 5.92. The second kappa shape index (κ2) is 7.83. The lowest BCUT2D eigenvalue weighted by Crippen LogP contribution is -2.60. The average molecular weight is 431 g/mol. The molecule has 172 valence electrons. The van der Waals surface area contributed by atoms with Crippen LogP contribution in [0.25, 0.3) is 0 Å². The third-order valence-electron chi connectivity index (χ3n) is 9.67. The highest BCUT2D eigenvalue weighted by atomic mass is 16.6. The summed E-state index contributed by atoms with van der Waals surface area (Å²) in [6, 6.07) is 0. The van der Waals surface area contributed by atoms with Gasteiger partial charge in [-0.3, -0.25) is 14.4 Å². The Morgan fingerprint density at radius 3 is 2.68 bits per heavy atom. The molecule has 0 aliphatic heterocycles. The molecule has 0 saturated heterocycles. The Hall–Kier alpha value is -1.49. The summed E-state index contributed by atoms with van der Waals surface area (Å²) >= 11 is 0. The van der Waals surface area contributed by atoms with E-state index in [0.717, 1.165) is 25.7 Å². The van der Waals surface area contributed by atoms with E-state index in [1.807, 2.05) is 13.8 Å². The van der Waals surface area contributed by atoms with Gasteiger partial charge in [0, 0.05) is 30.6 Å². The number of hydrogen-bond donors (Lipinski definition) is 1. The monoisotopic (exact) mass is 430 g/mol. The molecule has 0 aromatic heterocycles. The molecule has 0 bridgehead atoms. The maximum atomic E-state index is 13.2. The number of aliphatic hydroxyl groups excluding tert-OH is 1. The summed E-state index contributed by atoms with van der Waals surface area (Å²) in [6.45, 7) is 7.79. The highest BCUT2D eigenvalue weighted by Crippen LogP contribution is 2.68. The van der Waals surface area contributed by atoms with Crippen LogP contribution in [0, 0.1) is 34.5 Å². The van der Waals surface area contributed by atoms with Crippen LogP contribution in [0.1, 0.15) is 85.5 Å². The molecule has 4 aliphatic carbocycles. The fourth-order valence-electron chi connectivity index (χ4n) is 8.07. The standard InChI is InChI=1S/C26H38O5/c1-5-6-23(30)31-26(22(29)15-27)16(2)13-21-19-8-7-17-14-18(28)9-11-24(17,3)20(19)10-12-25(21,26)4/h10,16-17,19,21,27H,5-9,11-15H2,1-4H3/t16?,17?,19-,21+,24+,25+,26+/m1/s1. The summed E-state index contributed by atoms with van der Waals surface area (Å²) in [5, 5.41) is 9.89. The van der Waals surface area contributed by atoms with Crippen LogP contribution >= 0.6 is 0 Å². The van der Waals surface area contributed by atoms with Gasteiger partial charge in [0.05, 0.1) is 0 Å². The third kappa shape index (κ3) is 3.09. The summed E-state index contributed by atoms with van der Waals surface area (Å²) in [5.41, 5.74) is -0.233. The van der Waals surface area contributed by atoms with E-state index in [-0.39, 0.29) is 35.4 Å². The number of allylic oxidation sites excluding steroid dienone is 2. The lowest BCUT2D eigenvalue weighted by atomic mass is 9.48. The Morgan fingerprint density at radius 2 is 2.00 bits per heavy atom. The predicted octanol–water partition coefficient (Wildman–Crippen LogP) is 4.41. The summed E-state index contributed by atoms with van der Waals surface area (Å²) in [5.74, 6) is 0.590. The van der Waals surface area contributed by atoms with E-state index in [4.69, 9.17) is 4.74 Å². The van der Waals surface area contributed by atoms with Crippen LogP contribution in [0.2, 0.25) is 0 Å². The van der Waals surface area contributed by atoms with Gasteiger partial charge >= 0.3 is 5.97 Å². The van der Waals surface area contributed by atoms with E-state index >= 15 is 0 Å². The molecular weight excluding hydrogens is 392 g/mol. The molecule has 4 aliphatic rings. The lowest BCUT2D eigenvalue weighted by Gasteiger charge is -2.57. The van der Waals surface area contributed by atoms with Crippen LogP contribution in [0.15, 0.2) is 11.6 Å². The van der Waals surface area contributed by atoms with E-state index < -0.39 is 17.6 Å². The first-order chi connectivity index (χ1) is 14.6. The fourth-order valence-corrected chi connectivity index (χ4v) is 8.07. The quantitative estimate of drug-likeness (QED) is 0.516. The van der Waals surface area contributed by atoms with Crippen molar-refractivity contribution in [1.82, 2.24) is 0 Å². The van der Waals surface area contributed by atoms with Crippen molar-refractivity contribution in [2.24, 2.45) is 34.5 Å². The molecule has 0 aromatic rings. The summed E-state index contributed by atoms with van der Waals surface area (Å²) in [6.07, 6.45) is 9.13. The van der Waals surface area contributed by atoms with Crippen molar-refractivity contribution in [3.8, 4) is 0 Å². The van der Waals surface area contributed by atoms with E-state index in [0.29, 0.717) is 43.3 Å². The molecule has 3 fully saturated rings. The van der Waals surface area contributed by atoms with Crippen molar-refractivity contribution in [2.75, 3.05) is 6.61 Å². The molecule has 0 amide bonds. The molecular formula is C26H38O5. The zero-order chi connectivity index (χ0) is 22.6. The summed E-state index contributed by atoms with van der Waals surface area (Å²) in [4.78, 5) is 38.0. The van der Waals surface area contributed by atoms with Crippen LogP contribution in [-0.4, -0.2) is 34.9 Å². The largest absolute Gasteiger partial charge is 0.450 e. The molecule has 5 nitrogen and oxygen atoms in total. The Balaban J connectivity index is 1.75. The first-order valence-electron chi connectivity index (χ1n) is 12.2. The number of esters is 1. The maximum absolute atomic E-state index is 13.2. The van der Waals surface area contributed by atoms with Crippen LogP contribution in [-0.2, 0) is 19.1 Å². The second-order valence-corrected chi connectivity index (χ2v) is 11.1. The van der Waals surface area contributed by atoms with Crippen LogP contribution < -0.4 is 0 Å². The first kappa shape index (κ1) is 22.7. The van der Waals surface area contributed by atoms with Gasteiger partial charge in [-0.15, -0.1) is 0 Å². The number of ketones is 2. The number of fused-ring (bicyclic) bond motifs is 5. The van der Waals surface area contributed by atoms with Gasteiger partial charge in [0.15, 0.2) is 5.60 Å². The average Bonchev–Trinajstić information content (AvgIpc) is 2.96. The second-order valence-electron chi connectivity index (χ2n) is 11.1. The van der Waals surface area contributed by atoms with Gasteiger partial charge in [-0.05, 0) is 61.7 Å². The maximum Gasteiger partial charge on any atom is 0.306 e. The van der Waals surface area contributed by atoms with Crippen molar-refractivity contribution in [2.45, 2.75) is 91.1 Å². The molecule has 0 aromatic carbocycles. The Kier molecular flexibility index (Phi) is 5.73. The molecule has 31 heavy (non-hydrogen) atoms. The third-order valence-corrected chi connectivity index (χ3v) is 9.67. The predicted molar refractivity (Wildman–Crippen MR) is 117 cm³/mol. The highest BCUT2D eigenvalue weighted by Gasteiger charge is 2.70. The molecule has 7 atom stereocenters. The van der Waals surface area contributed by atoms with Gasteiger partial charge in [0.1, 0.15) is 12.4 Å². The van der Waals surface area contributed by atoms with Crippen LogP contribution in [0.3, 0.4) is 0 Å². The van der Waals surface area contributed by atoms with Gasteiger partial charge in [-0.2, -0.15) is 0 Å². The zero-order valence-electron chi connectivity index (χ0n) is 19.5. The van der Waals surface area contributed by atoms with Crippen molar-refractivity contribution < 1.29 is 24.2 Å².